The van der Waals surface area contributed by atoms with Gasteiger partial charge in [-0.3, -0.25) is 4.79 Å². The van der Waals surface area contributed by atoms with E-state index in [0.29, 0.717) is 23.5 Å². The number of nitrogen functional groups attached to an aromatic ring is 2. The van der Waals surface area contributed by atoms with Crippen LogP contribution in [0.3, 0.4) is 0 Å². The van der Waals surface area contributed by atoms with Crippen molar-refractivity contribution in [2.45, 2.75) is 51.6 Å². The predicted octanol–water partition coefficient (Wildman–Crippen LogP) is 4.54. The van der Waals surface area contributed by atoms with Gasteiger partial charge in [-0.05, 0) is 79.6 Å². The quantitative estimate of drug-likeness (QED) is 0.229. The minimum absolute atomic E-state index is 0.0847. The lowest BCUT2D eigenvalue weighted by molar-refractivity contribution is -0.141. The van der Waals surface area contributed by atoms with Crippen LogP contribution in [-0.4, -0.2) is 31.3 Å². The Hall–Kier alpha value is -3.32. The molecule has 2 aromatic carbocycles. The number of rotatable bonds is 10. The molecule has 2 aromatic rings. The van der Waals surface area contributed by atoms with Crippen LogP contribution < -0.4 is 16.2 Å². The van der Waals surface area contributed by atoms with Crippen LogP contribution in [0.5, 0.6) is 5.75 Å². The van der Waals surface area contributed by atoms with Gasteiger partial charge in [0.2, 0.25) is 0 Å². The molecule has 7 heteroatoms. The standard InChI is InChI=1S/C27H34N2O5/c1-2-16-32-23-11-6-20(7-12-23)27(31)34-24-9-3-19(4-10-24)5-14-26(30)33-17-15-21-18-22(28)8-13-25(21)29/h3-5,8-10,13-14,18,20,23H,2,6-7,11-12,15-17,28-29H2,1H3/b14-5+. The Morgan fingerprint density at radius 1 is 1.00 bits per heavy atom. The van der Waals surface area contributed by atoms with Crippen molar-refractivity contribution in [1.29, 1.82) is 0 Å². The SMILES string of the molecule is CCCOC1CCC(C(=O)Oc2ccc(/C=C/C(=O)OCCc3cc(N)ccc3N)cc2)CC1. The molecular formula is C27H34N2O5. The van der Waals surface area contributed by atoms with Crippen molar-refractivity contribution in [3.63, 3.8) is 0 Å². The van der Waals surface area contributed by atoms with Crippen molar-refractivity contribution >= 4 is 29.4 Å². The van der Waals surface area contributed by atoms with Gasteiger partial charge in [-0.15, -0.1) is 0 Å². The Balaban J connectivity index is 1.40. The molecule has 0 aromatic heterocycles. The summed E-state index contributed by atoms with van der Waals surface area (Å²) in [4.78, 5) is 24.5. The molecule has 0 unspecified atom stereocenters. The van der Waals surface area contributed by atoms with E-state index in [-0.39, 0.29) is 24.6 Å². The third-order valence-corrected chi connectivity index (χ3v) is 5.86. The van der Waals surface area contributed by atoms with Crippen LogP contribution >= 0.6 is 0 Å². The molecule has 0 saturated heterocycles. The molecule has 1 aliphatic carbocycles. The zero-order valence-electron chi connectivity index (χ0n) is 19.7. The zero-order valence-corrected chi connectivity index (χ0v) is 19.7. The molecule has 0 bridgehead atoms. The highest BCUT2D eigenvalue weighted by molar-refractivity contribution is 5.87. The number of carbonyl (C=O) groups excluding carboxylic acids is 2. The van der Waals surface area contributed by atoms with Gasteiger partial charge in [-0.2, -0.15) is 0 Å². The number of anilines is 2. The Morgan fingerprint density at radius 3 is 2.44 bits per heavy atom. The van der Waals surface area contributed by atoms with Gasteiger partial charge in [-0.25, -0.2) is 4.79 Å². The van der Waals surface area contributed by atoms with Crippen LogP contribution in [0.1, 0.15) is 50.2 Å². The van der Waals surface area contributed by atoms with Crippen molar-refractivity contribution in [2.24, 2.45) is 5.92 Å². The summed E-state index contributed by atoms with van der Waals surface area (Å²) in [6.45, 7) is 3.08. The van der Waals surface area contributed by atoms with Crippen molar-refractivity contribution in [3.05, 3.63) is 59.7 Å². The Kier molecular flexibility index (Phi) is 9.52. The largest absolute Gasteiger partial charge is 0.462 e. The first kappa shape index (κ1) is 25.3. The van der Waals surface area contributed by atoms with Gasteiger partial charge < -0.3 is 25.7 Å². The lowest BCUT2D eigenvalue weighted by Gasteiger charge is -2.27. The number of esters is 2. The third-order valence-electron chi connectivity index (χ3n) is 5.86. The van der Waals surface area contributed by atoms with E-state index in [1.54, 1.807) is 48.5 Å². The minimum Gasteiger partial charge on any atom is -0.462 e. The highest BCUT2D eigenvalue weighted by atomic mass is 16.5. The van der Waals surface area contributed by atoms with Gasteiger partial charge >= 0.3 is 11.9 Å². The highest BCUT2D eigenvalue weighted by Crippen LogP contribution is 2.28. The molecule has 0 heterocycles. The van der Waals surface area contributed by atoms with E-state index in [9.17, 15) is 9.59 Å². The second-order valence-corrected chi connectivity index (χ2v) is 8.54. The molecular weight excluding hydrogens is 432 g/mol. The molecule has 0 radical (unpaired) electrons. The van der Waals surface area contributed by atoms with Crippen LogP contribution in [-0.2, 0) is 25.5 Å². The second-order valence-electron chi connectivity index (χ2n) is 8.54. The summed E-state index contributed by atoms with van der Waals surface area (Å²) in [5.74, 6) is -0.231. The number of nitrogens with two attached hydrogens (primary N) is 2. The van der Waals surface area contributed by atoms with Crippen molar-refractivity contribution in [2.75, 3.05) is 24.7 Å². The van der Waals surface area contributed by atoms with E-state index < -0.39 is 5.97 Å². The molecule has 1 saturated carbocycles. The number of benzene rings is 2. The van der Waals surface area contributed by atoms with E-state index in [4.69, 9.17) is 25.7 Å². The number of ether oxygens (including phenoxy) is 3. The molecule has 0 atom stereocenters. The van der Waals surface area contributed by atoms with Crippen molar-refractivity contribution in [1.82, 2.24) is 0 Å². The Morgan fingerprint density at radius 2 is 1.74 bits per heavy atom. The average Bonchev–Trinajstić information content (AvgIpc) is 2.84. The molecule has 7 nitrogen and oxygen atoms in total. The fourth-order valence-electron chi connectivity index (χ4n) is 3.91. The van der Waals surface area contributed by atoms with Crippen molar-refractivity contribution < 1.29 is 23.8 Å². The molecule has 1 aliphatic rings. The number of hydrogen-bond donors (Lipinski definition) is 2. The maximum Gasteiger partial charge on any atom is 0.330 e. The Bertz CT molecular complexity index is 979. The summed E-state index contributed by atoms with van der Waals surface area (Å²) < 4.78 is 16.6. The maximum atomic E-state index is 12.5. The van der Waals surface area contributed by atoms with Gasteiger partial charge in [0.05, 0.1) is 18.6 Å². The van der Waals surface area contributed by atoms with E-state index in [0.717, 1.165) is 49.8 Å². The topological polar surface area (TPSA) is 114 Å². The molecule has 1 fully saturated rings. The highest BCUT2D eigenvalue weighted by Gasteiger charge is 2.28. The van der Waals surface area contributed by atoms with Gasteiger partial charge in [0, 0.05) is 30.5 Å². The monoisotopic (exact) mass is 466 g/mol. The van der Waals surface area contributed by atoms with Gasteiger partial charge in [0.25, 0.3) is 0 Å². The summed E-state index contributed by atoms with van der Waals surface area (Å²) in [7, 11) is 0. The third kappa shape index (κ3) is 7.92. The van der Waals surface area contributed by atoms with Crippen LogP contribution in [0.4, 0.5) is 11.4 Å². The lowest BCUT2D eigenvalue weighted by Crippen LogP contribution is -2.29. The average molecular weight is 467 g/mol. The van der Waals surface area contributed by atoms with Gasteiger partial charge in [0.15, 0.2) is 0 Å². The van der Waals surface area contributed by atoms with Crippen LogP contribution in [0.25, 0.3) is 6.08 Å². The predicted molar refractivity (Wildman–Crippen MR) is 133 cm³/mol. The molecule has 3 rings (SSSR count). The van der Waals surface area contributed by atoms with E-state index in [2.05, 4.69) is 6.92 Å². The summed E-state index contributed by atoms with van der Waals surface area (Å²) >= 11 is 0. The van der Waals surface area contributed by atoms with Crippen LogP contribution in [0.2, 0.25) is 0 Å². The summed E-state index contributed by atoms with van der Waals surface area (Å²) in [5, 5.41) is 0. The molecule has 4 N–H and O–H groups in total. The van der Waals surface area contributed by atoms with E-state index in [1.807, 2.05) is 0 Å². The fourth-order valence-corrected chi connectivity index (χ4v) is 3.91. The molecule has 34 heavy (non-hydrogen) atoms. The van der Waals surface area contributed by atoms with E-state index in [1.165, 1.54) is 6.08 Å². The first-order chi connectivity index (χ1) is 16.4. The summed E-state index contributed by atoms with van der Waals surface area (Å²) in [6, 6.07) is 12.3. The summed E-state index contributed by atoms with van der Waals surface area (Å²) in [6.07, 6.45) is 8.15. The molecule has 182 valence electrons. The van der Waals surface area contributed by atoms with Crippen LogP contribution in [0, 0.1) is 5.92 Å². The second kappa shape index (κ2) is 12.8. The normalized spacial score (nSPS) is 18.0. The fraction of sp³-hybridized carbons (Fsp3) is 0.407. The molecule has 0 amide bonds. The van der Waals surface area contributed by atoms with Gasteiger partial charge in [-0.1, -0.05) is 19.1 Å². The van der Waals surface area contributed by atoms with E-state index >= 15 is 0 Å². The first-order valence-corrected chi connectivity index (χ1v) is 11.9. The molecule has 0 spiro atoms. The van der Waals surface area contributed by atoms with Gasteiger partial charge in [0.1, 0.15) is 5.75 Å². The summed E-state index contributed by atoms with van der Waals surface area (Å²) in [5.41, 5.74) is 14.5. The lowest BCUT2D eigenvalue weighted by atomic mass is 9.87. The maximum absolute atomic E-state index is 12.5. The minimum atomic E-state index is -0.448. The Labute approximate surface area is 201 Å². The smallest absolute Gasteiger partial charge is 0.330 e. The van der Waals surface area contributed by atoms with Crippen molar-refractivity contribution in [3.8, 4) is 5.75 Å². The molecule has 0 aliphatic heterocycles. The zero-order chi connectivity index (χ0) is 24.3. The number of carbonyl (C=O) groups is 2. The number of hydrogen-bond acceptors (Lipinski definition) is 7. The van der Waals surface area contributed by atoms with Crippen LogP contribution in [0.15, 0.2) is 48.5 Å². The first-order valence-electron chi connectivity index (χ1n) is 11.9.